The molecule has 0 spiro atoms. The van der Waals surface area contributed by atoms with Gasteiger partial charge >= 0.3 is 10.3 Å². The number of thiazole rings is 1. The fourth-order valence-electron chi connectivity index (χ4n) is 2.83. The predicted molar refractivity (Wildman–Crippen MR) is 122 cm³/mol. The molecule has 0 aliphatic rings. The smallest absolute Gasteiger partial charge is 0.300 e. The van der Waals surface area contributed by atoms with Crippen LogP contribution < -0.4 is 5.32 Å². The van der Waals surface area contributed by atoms with E-state index in [1.54, 1.807) is 0 Å². The van der Waals surface area contributed by atoms with Gasteiger partial charge in [0.2, 0.25) is 0 Å². The van der Waals surface area contributed by atoms with Crippen LogP contribution in [0.4, 0.5) is 5.13 Å². The minimum atomic E-state index is -4.04. The number of hydrogen-bond donors (Lipinski definition) is 1. The van der Waals surface area contributed by atoms with Crippen molar-refractivity contribution >= 4 is 32.7 Å². The van der Waals surface area contributed by atoms with Gasteiger partial charge < -0.3 is 0 Å². The molecule has 0 bridgehead atoms. The van der Waals surface area contributed by atoms with Crippen LogP contribution in [0.5, 0.6) is 0 Å². The normalized spacial score (nSPS) is 11.6. The van der Waals surface area contributed by atoms with E-state index < -0.39 is 22.8 Å². The molecule has 3 aromatic rings. The summed E-state index contributed by atoms with van der Waals surface area (Å²) in [6, 6.07) is 17.4. The van der Waals surface area contributed by atoms with E-state index >= 15 is 0 Å². The highest BCUT2D eigenvalue weighted by Gasteiger charge is 2.21. The van der Waals surface area contributed by atoms with Crippen LogP contribution >= 0.6 is 11.3 Å². The zero-order chi connectivity index (χ0) is 22.4. The summed E-state index contributed by atoms with van der Waals surface area (Å²) in [7, 11) is -2.63. The van der Waals surface area contributed by atoms with Gasteiger partial charge in [0.05, 0.1) is 5.69 Å². The van der Waals surface area contributed by atoms with E-state index in [1.165, 1.54) is 23.9 Å². The van der Waals surface area contributed by atoms with Gasteiger partial charge in [-0.1, -0.05) is 60.2 Å². The molecule has 1 heterocycles. The van der Waals surface area contributed by atoms with Crippen molar-refractivity contribution in [2.45, 2.75) is 26.8 Å². The molecule has 3 rings (SSSR count). The van der Waals surface area contributed by atoms with Crippen molar-refractivity contribution < 1.29 is 17.4 Å². The van der Waals surface area contributed by atoms with Crippen molar-refractivity contribution in [3.63, 3.8) is 0 Å². The highest BCUT2D eigenvalue weighted by molar-refractivity contribution is 7.84. The summed E-state index contributed by atoms with van der Waals surface area (Å²) in [5.41, 5.74) is 4.01. The maximum absolute atomic E-state index is 12.3. The zero-order valence-corrected chi connectivity index (χ0v) is 19.3. The molecular formula is C22H25N3O4S2. The van der Waals surface area contributed by atoms with E-state index in [9.17, 15) is 13.2 Å². The SMILES string of the molecule is Cc1ccc(Cc2sc(NC(=O)COS(=O)(=O)N(C)Cc3ccccc3)nc2C)cc1. The molecule has 9 heteroatoms. The van der Waals surface area contributed by atoms with Crippen LogP contribution in [0.25, 0.3) is 0 Å². The molecule has 7 nitrogen and oxygen atoms in total. The average molecular weight is 460 g/mol. The Labute approximate surface area is 187 Å². The van der Waals surface area contributed by atoms with Crippen molar-refractivity contribution in [3.05, 3.63) is 81.9 Å². The van der Waals surface area contributed by atoms with Gasteiger partial charge in [-0.15, -0.1) is 11.3 Å². The van der Waals surface area contributed by atoms with Gasteiger partial charge in [-0.2, -0.15) is 12.7 Å². The van der Waals surface area contributed by atoms with Crippen LogP contribution in [0, 0.1) is 13.8 Å². The maximum Gasteiger partial charge on any atom is 0.338 e. The fraction of sp³-hybridized carbons (Fsp3) is 0.273. The fourth-order valence-corrected chi connectivity index (χ4v) is 4.59. The number of aryl methyl sites for hydroxylation is 2. The number of anilines is 1. The van der Waals surface area contributed by atoms with Crippen LogP contribution in [0.15, 0.2) is 54.6 Å². The molecule has 31 heavy (non-hydrogen) atoms. The van der Waals surface area contributed by atoms with Crippen LogP contribution in [0.1, 0.15) is 27.3 Å². The monoisotopic (exact) mass is 459 g/mol. The molecule has 1 amide bonds. The number of carbonyl (C=O) groups excluding carboxylic acids is 1. The van der Waals surface area contributed by atoms with E-state index in [0.29, 0.717) is 5.13 Å². The van der Waals surface area contributed by atoms with Crippen LogP contribution in [-0.2, 0) is 32.2 Å². The molecule has 2 aromatic carbocycles. The quantitative estimate of drug-likeness (QED) is 0.527. The van der Waals surface area contributed by atoms with E-state index in [2.05, 4.69) is 34.6 Å². The van der Waals surface area contributed by atoms with Crippen LogP contribution in [0.2, 0.25) is 0 Å². The molecule has 0 saturated carbocycles. The van der Waals surface area contributed by atoms with Crippen LogP contribution in [0.3, 0.4) is 0 Å². The Hall–Kier alpha value is -2.59. The first-order valence-electron chi connectivity index (χ1n) is 9.69. The molecule has 164 valence electrons. The summed E-state index contributed by atoms with van der Waals surface area (Å²) in [4.78, 5) is 17.6. The molecule has 0 aliphatic heterocycles. The van der Waals surface area contributed by atoms with Gasteiger partial charge in [0.1, 0.15) is 6.61 Å². The highest BCUT2D eigenvalue weighted by Crippen LogP contribution is 2.25. The van der Waals surface area contributed by atoms with E-state index in [-0.39, 0.29) is 6.54 Å². The lowest BCUT2D eigenvalue weighted by Crippen LogP contribution is -2.31. The number of carbonyl (C=O) groups is 1. The Kier molecular flexibility index (Phi) is 7.55. The Bertz CT molecular complexity index is 1130. The molecule has 0 aliphatic carbocycles. The van der Waals surface area contributed by atoms with Crippen molar-refractivity contribution in [2.75, 3.05) is 19.0 Å². The average Bonchev–Trinajstić information content (AvgIpc) is 3.07. The molecule has 0 atom stereocenters. The summed E-state index contributed by atoms with van der Waals surface area (Å²) in [5.74, 6) is -0.577. The summed E-state index contributed by atoms with van der Waals surface area (Å²) >= 11 is 1.37. The number of benzene rings is 2. The molecule has 0 unspecified atom stereocenters. The summed E-state index contributed by atoms with van der Waals surface area (Å²) in [6.45, 7) is 3.46. The highest BCUT2D eigenvalue weighted by atomic mass is 32.2. The molecule has 0 fully saturated rings. The number of rotatable bonds is 9. The lowest BCUT2D eigenvalue weighted by molar-refractivity contribution is -0.118. The Morgan fingerprint density at radius 3 is 2.42 bits per heavy atom. The second-order valence-electron chi connectivity index (χ2n) is 7.20. The standard InChI is InChI=1S/C22H25N3O4S2/c1-16-9-11-18(12-10-16)13-20-17(2)23-22(30-20)24-21(26)15-29-31(27,28)25(3)14-19-7-5-4-6-8-19/h4-12H,13-15H2,1-3H3,(H,23,24,26). The van der Waals surface area contributed by atoms with Gasteiger partial charge in [-0.05, 0) is 25.0 Å². The van der Waals surface area contributed by atoms with E-state index in [4.69, 9.17) is 4.18 Å². The third-order valence-electron chi connectivity index (χ3n) is 4.59. The van der Waals surface area contributed by atoms with Gasteiger partial charge in [0, 0.05) is 24.9 Å². The van der Waals surface area contributed by atoms with Gasteiger partial charge in [-0.3, -0.25) is 10.1 Å². The first kappa shape index (κ1) is 23.1. The molecule has 0 saturated heterocycles. The Balaban J connectivity index is 1.54. The van der Waals surface area contributed by atoms with E-state index in [1.807, 2.05) is 44.2 Å². The van der Waals surface area contributed by atoms with Crippen molar-refractivity contribution in [3.8, 4) is 0 Å². The number of nitrogens with zero attached hydrogens (tertiary/aromatic N) is 2. The Morgan fingerprint density at radius 2 is 1.74 bits per heavy atom. The maximum atomic E-state index is 12.3. The van der Waals surface area contributed by atoms with E-state index in [0.717, 1.165) is 32.4 Å². The van der Waals surface area contributed by atoms with Gasteiger partial charge in [-0.25, -0.2) is 9.17 Å². The summed E-state index contributed by atoms with van der Waals surface area (Å²) < 4.78 is 30.5. The zero-order valence-electron chi connectivity index (χ0n) is 17.7. The number of nitrogens with one attached hydrogen (secondary N) is 1. The van der Waals surface area contributed by atoms with Crippen molar-refractivity contribution in [2.24, 2.45) is 0 Å². The third kappa shape index (κ3) is 6.70. The molecule has 1 N–H and O–H groups in total. The first-order chi connectivity index (χ1) is 14.7. The molecular weight excluding hydrogens is 434 g/mol. The second-order valence-corrected chi connectivity index (χ2v) is 10.00. The number of amides is 1. The summed E-state index contributed by atoms with van der Waals surface area (Å²) in [6.07, 6.45) is 0.717. The van der Waals surface area contributed by atoms with Crippen molar-refractivity contribution in [1.29, 1.82) is 0 Å². The number of aromatic nitrogens is 1. The summed E-state index contributed by atoms with van der Waals surface area (Å²) in [5, 5.41) is 3.04. The molecule has 1 aromatic heterocycles. The second kappa shape index (κ2) is 10.1. The first-order valence-corrected chi connectivity index (χ1v) is 11.9. The topological polar surface area (TPSA) is 88.6 Å². The minimum absolute atomic E-state index is 0.152. The lowest BCUT2D eigenvalue weighted by atomic mass is 10.1. The van der Waals surface area contributed by atoms with Crippen LogP contribution in [-0.4, -0.2) is 37.3 Å². The predicted octanol–water partition coefficient (Wildman–Crippen LogP) is 3.68. The Morgan fingerprint density at radius 1 is 1.06 bits per heavy atom. The third-order valence-corrected chi connectivity index (χ3v) is 6.97. The van der Waals surface area contributed by atoms with Crippen molar-refractivity contribution in [1.82, 2.24) is 9.29 Å². The largest absolute Gasteiger partial charge is 0.338 e. The minimum Gasteiger partial charge on any atom is -0.300 e. The number of hydrogen-bond acceptors (Lipinski definition) is 6. The molecule has 0 radical (unpaired) electrons. The van der Waals surface area contributed by atoms with Gasteiger partial charge in [0.15, 0.2) is 5.13 Å². The van der Waals surface area contributed by atoms with Gasteiger partial charge in [0.25, 0.3) is 5.91 Å². The lowest BCUT2D eigenvalue weighted by Gasteiger charge is -2.16.